The van der Waals surface area contributed by atoms with Crippen LogP contribution in [-0.2, 0) is 19.0 Å². The number of carboxylic acids is 1. The number of unbranched alkanes of at least 4 members (excludes halogenated alkanes) is 5. The Balaban J connectivity index is 4.83. The summed E-state index contributed by atoms with van der Waals surface area (Å²) < 4.78 is 17.6. The van der Waals surface area contributed by atoms with Crippen LogP contribution in [0.1, 0.15) is 85.5 Å². The van der Waals surface area contributed by atoms with Gasteiger partial charge in [0, 0.05) is 32.2 Å². The van der Waals surface area contributed by atoms with Gasteiger partial charge in [-0.25, -0.2) is 0 Å². The zero-order valence-electron chi connectivity index (χ0n) is 16.1. The third-order valence-corrected chi connectivity index (χ3v) is 4.15. The number of rotatable bonds is 17. The summed E-state index contributed by atoms with van der Waals surface area (Å²) >= 11 is 0. The number of aliphatic carboxylic acids is 1. The average molecular weight is 347 g/mol. The largest absolute Gasteiger partial charge is 0.481 e. The van der Waals surface area contributed by atoms with Crippen LogP contribution in [0.15, 0.2) is 0 Å². The van der Waals surface area contributed by atoms with Crippen molar-refractivity contribution in [2.75, 3.05) is 19.8 Å². The molecule has 1 unspecified atom stereocenters. The van der Waals surface area contributed by atoms with Crippen LogP contribution in [0, 0.1) is 5.92 Å². The van der Waals surface area contributed by atoms with Crippen molar-refractivity contribution in [2.24, 2.45) is 5.92 Å². The van der Waals surface area contributed by atoms with Gasteiger partial charge in [-0.3, -0.25) is 4.79 Å². The second kappa shape index (κ2) is 14.7. The molecule has 1 N–H and O–H groups in total. The first kappa shape index (κ1) is 23.4. The summed E-state index contributed by atoms with van der Waals surface area (Å²) in [7, 11) is 0. The van der Waals surface area contributed by atoms with Gasteiger partial charge in [0.2, 0.25) is 0 Å². The van der Waals surface area contributed by atoms with Crippen molar-refractivity contribution < 1.29 is 24.1 Å². The Labute approximate surface area is 148 Å². The lowest BCUT2D eigenvalue weighted by Gasteiger charge is -2.39. The normalized spacial score (nSPS) is 13.2. The molecule has 0 saturated carbocycles. The van der Waals surface area contributed by atoms with Crippen molar-refractivity contribution in [2.45, 2.75) is 91.5 Å². The van der Waals surface area contributed by atoms with E-state index in [0.29, 0.717) is 26.2 Å². The highest BCUT2D eigenvalue weighted by molar-refractivity contribution is 5.66. The molecule has 0 spiro atoms. The maximum absolute atomic E-state index is 11.0. The van der Waals surface area contributed by atoms with E-state index < -0.39 is 11.9 Å². The molecular weight excluding hydrogens is 308 g/mol. The van der Waals surface area contributed by atoms with E-state index >= 15 is 0 Å². The van der Waals surface area contributed by atoms with Crippen molar-refractivity contribution in [1.82, 2.24) is 0 Å². The summed E-state index contributed by atoms with van der Waals surface area (Å²) in [6, 6.07) is 0. The van der Waals surface area contributed by atoms with Gasteiger partial charge in [0.1, 0.15) is 0 Å². The van der Waals surface area contributed by atoms with E-state index in [1.807, 2.05) is 20.8 Å². The number of hydrogen-bond acceptors (Lipinski definition) is 4. The first-order valence-electron chi connectivity index (χ1n) is 9.69. The number of carboxylic acid groups (broad SMARTS) is 1. The summed E-state index contributed by atoms with van der Waals surface area (Å²) in [6.07, 6.45) is 8.69. The molecule has 0 aromatic heterocycles. The standard InChI is InChI=1S/C19H38O5/c1-5-9-10-11-12-13-14-17(15-16-18(20)21)19(22-6-2,23-7-3)24-8-4/h17H,5-16H2,1-4H3,(H,20,21). The summed E-state index contributed by atoms with van der Waals surface area (Å²) in [5.41, 5.74) is 0. The first-order chi connectivity index (χ1) is 11.6. The van der Waals surface area contributed by atoms with Crippen LogP contribution in [-0.4, -0.2) is 36.9 Å². The van der Waals surface area contributed by atoms with E-state index in [-0.39, 0.29) is 12.3 Å². The zero-order valence-corrected chi connectivity index (χ0v) is 16.1. The Hall–Kier alpha value is -0.650. The van der Waals surface area contributed by atoms with E-state index in [0.717, 1.165) is 19.3 Å². The van der Waals surface area contributed by atoms with Crippen LogP contribution in [0.3, 0.4) is 0 Å². The average Bonchev–Trinajstić information content (AvgIpc) is 2.53. The van der Waals surface area contributed by atoms with E-state index in [1.165, 1.54) is 25.7 Å². The molecule has 0 rings (SSSR count). The molecule has 24 heavy (non-hydrogen) atoms. The van der Waals surface area contributed by atoms with E-state index in [2.05, 4.69) is 6.92 Å². The predicted molar refractivity (Wildman–Crippen MR) is 96.0 cm³/mol. The van der Waals surface area contributed by atoms with Gasteiger partial charge in [-0.15, -0.1) is 0 Å². The van der Waals surface area contributed by atoms with Crippen LogP contribution in [0.25, 0.3) is 0 Å². The minimum Gasteiger partial charge on any atom is -0.481 e. The minimum atomic E-state index is -1.11. The Kier molecular flexibility index (Phi) is 14.3. The summed E-state index contributed by atoms with van der Waals surface area (Å²) in [5.74, 6) is -1.97. The Morgan fingerprint density at radius 3 is 1.79 bits per heavy atom. The number of ether oxygens (including phenoxy) is 3. The highest BCUT2D eigenvalue weighted by Gasteiger charge is 2.41. The SMILES string of the molecule is CCCCCCCCC(CCC(=O)O)C(OCC)(OCC)OCC. The zero-order chi connectivity index (χ0) is 18.3. The molecule has 0 fully saturated rings. The van der Waals surface area contributed by atoms with E-state index in [4.69, 9.17) is 19.3 Å². The fourth-order valence-corrected chi connectivity index (χ4v) is 3.05. The molecule has 0 amide bonds. The first-order valence-corrected chi connectivity index (χ1v) is 9.69. The molecule has 0 aliphatic carbocycles. The maximum atomic E-state index is 11.0. The lowest BCUT2D eigenvalue weighted by Crippen LogP contribution is -2.47. The second-order valence-electron chi connectivity index (χ2n) is 6.09. The molecule has 0 aliphatic rings. The maximum Gasteiger partial charge on any atom is 0.303 e. The van der Waals surface area contributed by atoms with Crippen molar-refractivity contribution >= 4 is 5.97 Å². The lowest BCUT2D eigenvalue weighted by atomic mass is 9.92. The van der Waals surface area contributed by atoms with Crippen molar-refractivity contribution in [3.63, 3.8) is 0 Å². The van der Waals surface area contributed by atoms with Crippen molar-refractivity contribution in [3.05, 3.63) is 0 Å². The second-order valence-corrected chi connectivity index (χ2v) is 6.09. The van der Waals surface area contributed by atoms with Gasteiger partial charge in [0.25, 0.3) is 5.97 Å². The molecule has 5 heteroatoms. The highest BCUT2D eigenvalue weighted by atomic mass is 16.9. The number of carbonyl (C=O) groups is 1. The van der Waals surface area contributed by atoms with Crippen LogP contribution in [0.2, 0.25) is 0 Å². The van der Waals surface area contributed by atoms with Crippen LogP contribution >= 0.6 is 0 Å². The molecule has 0 heterocycles. The molecule has 0 aromatic carbocycles. The van der Waals surface area contributed by atoms with Crippen LogP contribution in [0.4, 0.5) is 0 Å². The van der Waals surface area contributed by atoms with Crippen LogP contribution < -0.4 is 0 Å². The molecule has 144 valence electrons. The topological polar surface area (TPSA) is 65.0 Å². The molecular formula is C19H38O5. The molecule has 0 aromatic rings. The summed E-state index contributed by atoms with van der Waals surface area (Å²) in [5, 5.41) is 9.06. The molecule has 0 radical (unpaired) electrons. The molecule has 5 nitrogen and oxygen atoms in total. The summed E-state index contributed by atoms with van der Waals surface area (Å²) in [6.45, 7) is 9.35. The van der Waals surface area contributed by atoms with Gasteiger partial charge in [0.15, 0.2) is 0 Å². The molecule has 0 aliphatic heterocycles. The third-order valence-electron chi connectivity index (χ3n) is 4.15. The van der Waals surface area contributed by atoms with Gasteiger partial charge in [-0.05, 0) is 33.6 Å². The van der Waals surface area contributed by atoms with Crippen molar-refractivity contribution in [3.8, 4) is 0 Å². The fraction of sp³-hybridized carbons (Fsp3) is 0.947. The van der Waals surface area contributed by atoms with Crippen molar-refractivity contribution in [1.29, 1.82) is 0 Å². The highest BCUT2D eigenvalue weighted by Crippen LogP contribution is 2.34. The molecule has 1 atom stereocenters. The molecule has 0 bridgehead atoms. The monoisotopic (exact) mass is 346 g/mol. The fourth-order valence-electron chi connectivity index (χ4n) is 3.05. The smallest absolute Gasteiger partial charge is 0.303 e. The van der Waals surface area contributed by atoms with Gasteiger partial charge in [-0.2, -0.15) is 0 Å². The van der Waals surface area contributed by atoms with Gasteiger partial charge in [0.05, 0.1) is 0 Å². The van der Waals surface area contributed by atoms with E-state index in [9.17, 15) is 4.79 Å². The summed E-state index contributed by atoms with van der Waals surface area (Å²) in [4.78, 5) is 11.0. The minimum absolute atomic E-state index is 0.0698. The lowest BCUT2D eigenvalue weighted by molar-refractivity contribution is -0.403. The Morgan fingerprint density at radius 2 is 1.33 bits per heavy atom. The quantitative estimate of drug-likeness (QED) is 0.297. The van der Waals surface area contributed by atoms with Crippen LogP contribution in [0.5, 0.6) is 0 Å². The third kappa shape index (κ3) is 9.60. The van der Waals surface area contributed by atoms with Gasteiger partial charge in [-0.1, -0.05) is 45.4 Å². The predicted octanol–water partition coefficient (Wildman–Crippen LogP) is 4.98. The molecule has 0 saturated heterocycles. The van der Waals surface area contributed by atoms with E-state index in [1.54, 1.807) is 0 Å². The number of hydrogen-bond donors (Lipinski definition) is 1. The van der Waals surface area contributed by atoms with Gasteiger partial charge < -0.3 is 19.3 Å². The Morgan fingerprint density at radius 1 is 0.833 bits per heavy atom. The van der Waals surface area contributed by atoms with Gasteiger partial charge >= 0.3 is 5.97 Å². The Bertz CT molecular complexity index is 289.